The van der Waals surface area contributed by atoms with E-state index in [0.717, 1.165) is 18.4 Å². The van der Waals surface area contributed by atoms with E-state index < -0.39 is 5.91 Å². The van der Waals surface area contributed by atoms with Gasteiger partial charge in [0.15, 0.2) is 0 Å². The van der Waals surface area contributed by atoms with Crippen LogP contribution in [0, 0.1) is 6.92 Å². The number of carbonyl (C=O) groups is 2. The van der Waals surface area contributed by atoms with Crippen molar-refractivity contribution in [2.75, 3.05) is 11.9 Å². The monoisotopic (exact) mass is 249 g/mol. The molecule has 1 rings (SSSR count). The topological polar surface area (TPSA) is 84.2 Å². The highest BCUT2D eigenvalue weighted by molar-refractivity contribution is 5.96. The number of aryl methyl sites for hydroxylation is 1. The SMILES string of the molecule is CCCCNC(=O)Nc1cc(C(N)=O)ccc1C. The number of nitrogens with one attached hydrogen (secondary N) is 2. The average Bonchev–Trinajstić information content (AvgIpc) is 2.32. The van der Waals surface area contributed by atoms with Crippen molar-refractivity contribution in [2.24, 2.45) is 5.73 Å². The fourth-order valence-electron chi connectivity index (χ4n) is 1.46. The Labute approximate surface area is 107 Å². The molecule has 5 nitrogen and oxygen atoms in total. The highest BCUT2D eigenvalue weighted by Crippen LogP contribution is 2.16. The molecule has 1 aromatic rings. The molecule has 0 unspecified atom stereocenters. The van der Waals surface area contributed by atoms with Crippen molar-refractivity contribution in [2.45, 2.75) is 26.7 Å². The molecule has 0 bridgehead atoms. The lowest BCUT2D eigenvalue weighted by Crippen LogP contribution is -2.29. The second-order valence-corrected chi connectivity index (χ2v) is 4.13. The van der Waals surface area contributed by atoms with Crippen LogP contribution in [0.5, 0.6) is 0 Å². The van der Waals surface area contributed by atoms with Crippen LogP contribution in [0.2, 0.25) is 0 Å². The van der Waals surface area contributed by atoms with Gasteiger partial charge < -0.3 is 16.4 Å². The van der Waals surface area contributed by atoms with E-state index in [4.69, 9.17) is 5.73 Å². The molecule has 0 saturated heterocycles. The summed E-state index contributed by atoms with van der Waals surface area (Å²) >= 11 is 0. The molecule has 0 fully saturated rings. The zero-order valence-corrected chi connectivity index (χ0v) is 10.7. The van der Waals surface area contributed by atoms with Crippen LogP contribution in [0.15, 0.2) is 18.2 Å². The molecule has 18 heavy (non-hydrogen) atoms. The first kappa shape index (κ1) is 14.0. The molecule has 0 aliphatic heterocycles. The Bertz CT molecular complexity index is 444. The summed E-state index contributed by atoms with van der Waals surface area (Å²) in [4.78, 5) is 22.6. The van der Waals surface area contributed by atoms with Gasteiger partial charge in [-0.25, -0.2) is 4.79 Å². The lowest BCUT2D eigenvalue weighted by atomic mass is 10.1. The minimum absolute atomic E-state index is 0.270. The summed E-state index contributed by atoms with van der Waals surface area (Å²) in [6.07, 6.45) is 1.96. The van der Waals surface area contributed by atoms with Crippen molar-refractivity contribution in [3.8, 4) is 0 Å². The predicted molar refractivity (Wildman–Crippen MR) is 71.6 cm³/mol. The summed E-state index contributed by atoms with van der Waals surface area (Å²) in [5.74, 6) is -0.510. The summed E-state index contributed by atoms with van der Waals surface area (Å²) in [6, 6.07) is 4.70. The van der Waals surface area contributed by atoms with Gasteiger partial charge in [0.2, 0.25) is 5.91 Å². The van der Waals surface area contributed by atoms with Gasteiger partial charge in [-0.3, -0.25) is 4.79 Å². The minimum Gasteiger partial charge on any atom is -0.366 e. The van der Waals surface area contributed by atoms with Crippen molar-refractivity contribution in [1.29, 1.82) is 0 Å². The van der Waals surface area contributed by atoms with Gasteiger partial charge in [-0.05, 0) is 31.0 Å². The number of unbranched alkanes of at least 4 members (excludes halogenated alkanes) is 1. The van der Waals surface area contributed by atoms with Crippen molar-refractivity contribution >= 4 is 17.6 Å². The molecule has 98 valence electrons. The second kappa shape index (κ2) is 6.64. The maximum Gasteiger partial charge on any atom is 0.319 e. The van der Waals surface area contributed by atoms with Crippen LogP contribution in [0.1, 0.15) is 35.7 Å². The molecule has 5 heteroatoms. The summed E-state index contributed by atoms with van der Waals surface area (Å²) in [5, 5.41) is 5.45. The number of nitrogens with two attached hydrogens (primary N) is 1. The molecule has 4 N–H and O–H groups in total. The van der Waals surface area contributed by atoms with E-state index in [9.17, 15) is 9.59 Å². The smallest absolute Gasteiger partial charge is 0.319 e. The van der Waals surface area contributed by atoms with Crippen molar-refractivity contribution < 1.29 is 9.59 Å². The third-order valence-electron chi connectivity index (χ3n) is 2.59. The first-order valence-electron chi connectivity index (χ1n) is 6.00. The molecule has 0 aliphatic rings. The molecular formula is C13H19N3O2. The minimum atomic E-state index is -0.510. The number of carbonyl (C=O) groups excluding carboxylic acids is 2. The fraction of sp³-hybridized carbons (Fsp3) is 0.385. The summed E-state index contributed by atoms with van der Waals surface area (Å²) < 4.78 is 0. The van der Waals surface area contributed by atoms with Gasteiger partial charge in [0.25, 0.3) is 0 Å². The molecule has 0 heterocycles. The Morgan fingerprint density at radius 2 is 2.06 bits per heavy atom. The fourth-order valence-corrected chi connectivity index (χ4v) is 1.46. The largest absolute Gasteiger partial charge is 0.366 e. The lowest BCUT2D eigenvalue weighted by molar-refractivity contribution is 0.100. The summed E-state index contributed by atoms with van der Waals surface area (Å²) in [6.45, 7) is 4.55. The molecular weight excluding hydrogens is 230 g/mol. The molecule has 0 aliphatic carbocycles. The molecule has 0 aromatic heterocycles. The summed E-state index contributed by atoms with van der Waals surface area (Å²) in [5.41, 5.74) is 7.05. The standard InChI is InChI=1S/C13H19N3O2/c1-3-4-7-15-13(18)16-11-8-10(12(14)17)6-5-9(11)2/h5-6,8H,3-4,7H2,1-2H3,(H2,14,17)(H2,15,16,18). The number of rotatable bonds is 5. The molecule has 0 atom stereocenters. The highest BCUT2D eigenvalue weighted by atomic mass is 16.2. The van der Waals surface area contributed by atoms with E-state index >= 15 is 0 Å². The highest BCUT2D eigenvalue weighted by Gasteiger charge is 2.07. The van der Waals surface area contributed by atoms with Crippen LogP contribution in [0.4, 0.5) is 10.5 Å². The van der Waals surface area contributed by atoms with Crippen molar-refractivity contribution in [1.82, 2.24) is 5.32 Å². The Hall–Kier alpha value is -2.04. The van der Waals surface area contributed by atoms with Gasteiger partial charge in [0.05, 0.1) is 0 Å². The number of urea groups is 1. The molecule has 0 radical (unpaired) electrons. The van der Waals surface area contributed by atoms with Crippen molar-refractivity contribution in [3.05, 3.63) is 29.3 Å². The molecule has 3 amide bonds. The van der Waals surface area contributed by atoms with Crippen LogP contribution in [0.3, 0.4) is 0 Å². The van der Waals surface area contributed by atoms with Gasteiger partial charge in [0, 0.05) is 17.8 Å². The van der Waals surface area contributed by atoms with E-state index in [1.165, 1.54) is 0 Å². The molecule has 0 spiro atoms. The van der Waals surface area contributed by atoms with Gasteiger partial charge in [-0.1, -0.05) is 19.4 Å². The zero-order chi connectivity index (χ0) is 13.5. The predicted octanol–water partition coefficient (Wildman–Crippen LogP) is 2.02. The van der Waals surface area contributed by atoms with E-state index in [1.54, 1.807) is 18.2 Å². The van der Waals surface area contributed by atoms with Crippen LogP contribution in [-0.4, -0.2) is 18.5 Å². The number of hydrogen-bond acceptors (Lipinski definition) is 2. The zero-order valence-electron chi connectivity index (χ0n) is 10.7. The van der Waals surface area contributed by atoms with Crippen LogP contribution >= 0.6 is 0 Å². The van der Waals surface area contributed by atoms with Gasteiger partial charge in [-0.2, -0.15) is 0 Å². The average molecular weight is 249 g/mol. The van der Waals surface area contributed by atoms with Crippen LogP contribution in [0.25, 0.3) is 0 Å². The first-order chi connectivity index (χ1) is 8.54. The van der Waals surface area contributed by atoms with E-state index in [-0.39, 0.29) is 6.03 Å². The van der Waals surface area contributed by atoms with Gasteiger partial charge in [0.1, 0.15) is 0 Å². The Morgan fingerprint density at radius 1 is 1.33 bits per heavy atom. The number of benzene rings is 1. The maximum absolute atomic E-state index is 11.6. The maximum atomic E-state index is 11.6. The normalized spacial score (nSPS) is 9.89. The van der Waals surface area contributed by atoms with Gasteiger partial charge >= 0.3 is 6.03 Å². The summed E-state index contributed by atoms with van der Waals surface area (Å²) in [7, 11) is 0. The molecule has 0 saturated carbocycles. The van der Waals surface area contributed by atoms with Crippen LogP contribution in [-0.2, 0) is 0 Å². The quantitative estimate of drug-likeness (QED) is 0.697. The number of primary amides is 1. The Balaban J connectivity index is 2.68. The first-order valence-corrected chi connectivity index (χ1v) is 6.00. The second-order valence-electron chi connectivity index (χ2n) is 4.13. The van der Waals surface area contributed by atoms with Gasteiger partial charge in [-0.15, -0.1) is 0 Å². The molecule has 1 aromatic carbocycles. The van der Waals surface area contributed by atoms with Crippen molar-refractivity contribution in [3.63, 3.8) is 0 Å². The lowest BCUT2D eigenvalue weighted by Gasteiger charge is -2.10. The van der Waals surface area contributed by atoms with E-state index in [0.29, 0.717) is 17.8 Å². The third kappa shape index (κ3) is 4.08. The van der Waals surface area contributed by atoms with E-state index in [2.05, 4.69) is 17.6 Å². The number of anilines is 1. The Morgan fingerprint density at radius 3 is 2.67 bits per heavy atom. The Kier molecular flexibility index (Phi) is 5.17. The number of hydrogen-bond donors (Lipinski definition) is 3. The third-order valence-corrected chi connectivity index (χ3v) is 2.59. The number of amides is 3. The van der Waals surface area contributed by atoms with Crippen LogP contribution < -0.4 is 16.4 Å². The van der Waals surface area contributed by atoms with E-state index in [1.807, 2.05) is 6.92 Å².